The summed E-state index contributed by atoms with van der Waals surface area (Å²) in [5.41, 5.74) is 0.683. The van der Waals surface area contributed by atoms with Crippen LogP contribution in [0.25, 0.3) is 16.8 Å². The first-order valence-electron chi connectivity index (χ1n) is 13.2. The van der Waals surface area contributed by atoms with Crippen molar-refractivity contribution in [2.75, 3.05) is 0 Å². The number of benzene rings is 4. The molecule has 6 rings (SSSR count). The Morgan fingerprint density at radius 2 is 1.45 bits per heavy atom. The van der Waals surface area contributed by atoms with Crippen LogP contribution in [0.1, 0.15) is 12.6 Å². The van der Waals surface area contributed by atoms with E-state index in [0.29, 0.717) is 10.9 Å². The molecular weight excluding hydrogens is 648 g/mol. The van der Waals surface area contributed by atoms with Gasteiger partial charge in [-0.25, -0.2) is 0 Å². The zero-order valence-electron chi connectivity index (χ0n) is 24.7. The van der Waals surface area contributed by atoms with E-state index in [0.717, 1.165) is 47.4 Å². The SMILES string of the molecule is O=C1C=CC(N([O-])[O-])=CC1=NN=C1C(=O)C=Cc2ccccc21.O=[N+]([O-])c1ccc([O-])c(N=Nc2c([O-])ccc3ccccc23)c1.[Cr+3].[H+]. The summed E-state index contributed by atoms with van der Waals surface area (Å²) in [5.74, 6) is -1.70. The van der Waals surface area contributed by atoms with Gasteiger partial charge in [0.15, 0.2) is 0 Å². The molecule has 2 aliphatic rings. The summed E-state index contributed by atoms with van der Waals surface area (Å²) in [5, 5.41) is 71.9. The van der Waals surface area contributed by atoms with Crippen LogP contribution in [0, 0.1) is 20.5 Å². The minimum atomic E-state index is -0.630. The summed E-state index contributed by atoms with van der Waals surface area (Å²) in [6, 6.07) is 20.4. The van der Waals surface area contributed by atoms with Crippen LogP contribution in [-0.2, 0) is 27.0 Å². The van der Waals surface area contributed by atoms with Gasteiger partial charge in [0.2, 0.25) is 11.6 Å². The van der Waals surface area contributed by atoms with Gasteiger partial charge < -0.3 is 25.9 Å². The molecule has 4 aromatic rings. The molecule has 1 radical (unpaired) electrons. The number of nitro groups is 1. The Morgan fingerprint density at radius 3 is 2.21 bits per heavy atom. The number of carbonyl (C=O) groups is 2. The average molecular weight is 668 g/mol. The Kier molecular flexibility index (Phi) is 10.6. The third-order valence-electron chi connectivity index (χ3n) is 6.55. The summed E-state index contributed by atoms with van der Waals surface area (Å²) < 4.78 is 0. The maximum absolute atomic E-state index is 12.0. The Labute approximate surface area is 277 Å². The topological polar surface area (TPSA) is 222 Å². The second-order valence-electron chi connectivity index (χ2n) is 9.49. The van der Waals surface area contributed by atoms with Gasteiger partial charge in [-0.1, -0.05) is 84.3 Å². The van der Waals surface area contributed by atoms with E-state index in [-0.39, 0.29) is 64.5 Å². The van der Waals surface area contributed by atoms with Crippen LogP contribution >= 0.6 is 0 Å². The van der Waals surface area contributed by atoms with Gasteiger partial charge in [0, 0.05) is 28.8 Å². The number of fused-ring (bicyclic) bond motifs is 2. The molecule has 4 aromatic carbocycles. The van der Waals surface area contributed by atoms with Crippen LogP contribution in [-0.4, -0.2) is 33.1 Å². The summed E-state index contributed by atoms with van der Waals surface area (Å²) in [7, 11) is 0. The zero-order chi connectivity index (χ0) is 32.8. The Morgan fingerprint density at radius 1 is 0.745 bits per heavy atom. The maximum Gasteiger partial charge on any atom is 3.00 e. The van der Waals surface area contributed by atoms with E-state index in [2.05, 4.69) is 20.4 Å². The molecule has 0 aliphatic heterocycles. The first-order chi connectivity index (χ1) is 22.1. The Bertz CT molecular complexity index is 2090. The number of azo groups is 1. The van der Waals surface area contributed by atoms with Crippen molar-refractivity contribution in [3.8, 4) is 11.5 Å². The van der Waals surface area contributed by atoms with E-state index >= 15 is 0 Å². The number of hydroxylamine groups is 2. The molecule has 0 spiro atoms. The van der Waals surface area contributed by atoms with Gasteiger partial charge in [-0.05, 0) is 35.3 Å². The van der Waals surface area contributed by atoms with Gasteiger partial charge in [0.05, 0.1) is 16.3 Å². The van der Waals surface area contributed by atoms with Crippen LogP contribution in [0.5, 0.6) is 11.5 Å². The molecule has 47 heavy (non-hydrogen) atoms. The average Bonchev–Trinajstić information content (AvgIpc) is 3.05. The number of allylic oxidation sites excluding steroid dienone is 4. The van der Waals surface area contributed by atoms with E-state index in [1.54, 1.807) is 36.4 Å². The second kappa shape index (κ2) is 14.8. The van der Waals surface area contributed by atoms with E-state index in [1.165, 1.54) is 12.1 Å². The van der Waals surface area contributed by atoms with Crippen LogP contribution in [0.3, 0.4) is 0 Å². The van der Waals surface area contributed by atoms with Gasteiger partial charge >= 0.3 is 18.8 Å². The first-order valence-corrected chi connectivity index (χ1v) is 13.2. The fraction of sp³-hybridized carbons (Fsp3) is 0. The Hall–Kier alpha value is -6.11. The van der Waals surface area contributed by atoms with Crippen molar-refractivity contribution < 1.29 is 43.5 Å². The van der Waals surface area contributed by atoms with Gasteiger partial charge in [0.25, 0.3) is 5.69 Å². The first kappa shape index (κ1) is 33.8. The fourth-order valence-electron chi connectivity index (χ4n) is 4.28. The van der Waals surface area contributed by atoms with Crippen LogP contribution < -0.4 is 10.2 Å². The number of hydrogen-bond acceptors (Lipinski definition) is 13. The summed E-state index contributed by atoms with van der Waals surface area (Å²) in [6.07, 6.45) is 6.21. The van der Waals surface area contributed by atoms with Crippen molar-refractivity contribution in [2.45, 2.75) is 0 Å². The number of nitrogens with zero attached hydrogens (tertiary/aromatic N) is 6. The number of hydrogen-bond donors (Lipinski definition) is 0. The molecule has 0 saturated heterocycles. The molecule has 0 N–H and O–H groups in total. The van der Waals surface area contributed by atoms with Crippen molar-refractivity contribution in [2.24, 2.45) is 20.4 Å². The van der Waals surface area contributed by atoms with Crippen molar-refractivity contribution in [3.63, 3.8) is 0 Å². The molecule has 0 fully saturated rings. The minimum absolute atomic E-state index is 0. The van der Waals surface area contributed by atoms with E-state index < -0.39 is 21.7 Å². The van der Waals surface area contributed by atoms with Crippen molar-refractivity contribution in [3.05, 3.63) is 141 Å². The molecule has 0 heterocycles. The van der Waals surface area contributed by atoms with E-state index in [1.807, 2.05) is 24.3 Å². The number of rotatable bonds is 5. The van der Waals surface area contributed by atoms with Gasteiger partial charge in [-0.3, -0.25) is 19.7 Å². The van der Waals surface area contributed by atoms with Gasteiger partial charge in [0.1, 0.15) is 11.4 Å². The molecule has 0 bridgehead atoms. The molecule has 0 saturated carbocycles. The molecule has 231 valence electrons. The molecular formula is C32H19CrN6O8. The number of carbonyl (C=O) groups excluding carboxylic acids is 2. The normalized spacial score (nSPS) is 15.2. The van der Waals surface area contributed by atoms with Gasteiger partial charge in [-0.2, -0.15) is 10.2 Å². The monoisotopic (exact) mass is 667 g/mol. The molecule has 0 amide bonds. The molecule has 15 heteroatoms. The molecule has 0 atom stereocenters. The smallest absolute Gasteiger partial charge is 0.871 e. The third kappa shape index (κ3) is 7.76. The van der Waals surface area contributed by atoms with Crippen molar-refractivity contribution in [1.29, 1.82) is 0 Å². The number of nitro benzene ring substituents is 1. The third-order valence-corrected chi connectivity index (χ3v) is 6.55. The summed E-state index contributed by atoms with van der Waals surface area (Å²) >= 11 is 0. The molecule has 0 unspecified atom stereocenters. The van der Waals surface area contributed by atoms with Crippen molar-refractivity contribution >= 4 is 56.9 Å². The van der Waals surface area contributed by atoms with Crippen LogP contribution in [0.2, 0.25) is 0 Å². The van der Waals surface area contributed by atoms with Crippen LogP contribution in [0.4, 0.5) is 17.1 Å². The quantitative estimate of drug-likeness (QED) is 0.118. The van der Waals surface area contributed by atoms with Crippen LogP contribution in [0.15, 0.2) is 129 Å². The zero-order valence-corrected chi connectivity index (χ0v) is 25.0. The number of ketones is 2. The standard InChI is InChI=1S/C16H11N3O4.C16H9N3O4.Cr/c2*20-14-8-6-11(19(22)23)9-13(14)17-18-16-12-4-2-1-3-10(12)5-7-15(16)21;/h1-9,20-21H;1-9H;/q;-2;+3/p-1. The summed E-state index contributed by atoms with van der Waals surface area (Å²) in [4.78, 5) is 33.8. The molecule has 14 nitrogen and oxygen atoms in total. The predicted octanol–water partition coefficient (Wildman–Crippen LogP) is 5.17. The Balaban J connectivity index is 0.000000250. The second-order valence-corrected chi connectivity index (χ2v) is 9.49. The van der Waals surface area contributed by atoms with Crippen molar-refractivity contribution in [1.82, 2.24) is 5.23 Å². The summed E-state index contributed by atoms with van der Waals surface area (Å²) in [6.45, 7) is 0. The van der Waals surface area contributed by atoms with E-state index in [4.69, 9.17) is 0 Å². The fourth-order valence-corrected chi connectivity index (χ4v) is 4.28. The van der Waals surface area contributed by atoms with Gasteiger partial charge in [-0.15, -0.1) is 10.2 Å². The number of non-ortho nitro benzene ring substituents is 1. The minimum Gasteiger partial charge on any atom is -0.871 e. The molecule has 2 aliphatic carbocycles. The largest absolute Gasteiger partial charge is 3.00 e. The maximum atomic E-state index is 12.0. The molecule has 0 aromatic heterocycles. The predicted molar refractivity (Wildman–Crippen MR) is 166 cm³/mol. The van der Waals surface area contributed by atoms with E-state index in [9.17, 15) is 40.3 Å².